The molecule has 3 rings (SSSR count). The zero-order valence-electron chi connectivity index (χ0n) is 15.6. The molecule has 0 unspecified atom stereocenters. The van der Waals surface area contributed by atoms with Gasteiger partial charge in [-0.1, -0.05) is 0 Å². The molecule has 0 amide bonds. The minimum atomic E-state index is 0.0428. The van der Waals surface area contributed by atoms with E-state index in [9.17, 15) is 4.79 Å². The molecule has 0 saturated carbocycles. The average Bonchev–Trinajstić information content (AvgIpc) is 2.63. The van der Waals surface area contributed by atoms with Crippen molar-refractivity contribution in [3.63, 3.8) is 0 Å². The molecule has 0 spiro atoms. The van der Waals surface area contributed by atoms with Crippen LogP contribution in [0.3, 0.4) is 0 Å². The molecule has 0 radical (unpaired) electrons. The van der Waals surface area contributed by atoms with Crippen LogP contribution in [0, 0.1) is 6.92 Å². The van der Waals surface area contributed by atoms with Crippen molar-refractivity contribution in [2.45, 2.75) is 20.8 Å². The number of ether oxygens (including phenoxy) is 1. The van der Waals surface area contributed by atoms with Crippen molar-refractivity contribution < 1.29 is 9.53 Å². The van der Waals surface area contributed by atoms with E-state index >= 15 is 0 Å². The minimum Gasteiger partial charge on any atom is -0.494 e. The Morgan fingerprint density at radius 3 is 2.22 bits per heavy atom. The van der Waals surface area contributed by atoms with E-state index in [1.165, 1.54) is 0 Å². The number of aromatic nitrogens is 2. The van der Waals surface area contributed by atoms with E-state index in [-0.39, 0.29) is 5.78 Å². The summed E-state index contributed by atoms with van der Waals surface area (Å²) in [4.78, 5) is 20.3. The number of Topliss-reactive ketones (excluding diaryl/α,β-unsaturated/α-hetero) is 1. The molecular formula is C21H22N4O2. The highest BCUT2D eigenvalue weighted by Crippen LogP contribution is 2.21. The quantitative estimate of drug-likeness (QED) is 0.584. The molecule has 2 aromatic carbocycles. The molecule has 138 valence electrons. The Kier molecular flexibility index (Phi) is 5.66. The normalized spacial score (nSPS) is 10.3. The highest BCUT2D eigenvalue weighted by atomic mass is 16.5. The van der Waals surface area contributed by atoms with E-state index in [1.807, 2.05) is 56.3 Å². The van der Waals surface area contributed by atoms with Crippen molar-refractivity contribution in [1.82, 2.24) is 9.97 Å². The highest BCUT2D eigenvalue weighted by Gasteiger charge is 2.05. The van der Waals surface area contributed by atoms with Gasteiger partial charge in [0, 0.05) is 28.7 Å². The highest BCUT2D eigenvalue weighted by molar-refractivity contribution is 5.94. The lowest BCUT2D eigenvalue weighted by molar-refractivity contribution is 0.101. The molecule has 27 heavy (non-hydrogen) atoms. The van der Waals surface area contributed by atoms with E-state index in [1.54, 1.807) is 19.1 Å². The number of nitrogens with zero attached hydrogens (tertiary/aromatic N) is 2. The van der Waals surface area contributed by atoms with Gasteiger partial charge in [-0.25, -0.2) is 4.98 Å². The molecule has 0 bridgehead atoms. The molecule has 2 N–H and O–H groups in total. The lowest BCUT2D eigenvalue weighted by Gasteiger charge is -2.11. The first-order valence-corrected chi connectivity index (χ1v) is 8.77. The molecule has 0 aliphatic heterocycles. The number of nitrogens with one attached hydrogen (secondary N) is 2. The molecule has 0 fully saturated rings. The molecule has 3 aromatic rings. The molecule has 6 nitrogen and oxygen atoms in total. The monoisotopic (exact) mass is 362 g/mol. The van der Waals surface area contributed by atoms with Crippen LogP contribution in [0.15, 0.2) is 54.6 Å². The van der Waals surface area contributed by atoms with Crippen LogP contribution in [0.2, 0.25) is 0 Å². The van der Waals surface area contributed by atoms with Gasteiger partial charge in [0.05, 0.1) is 6.61 Å². The lowest BCUT2D eigenvalue weighted by Crippen LogP contribution is -2.02. The van der Waals surface area contributed by atoms with Crippen LogP contribution >= 0.6 is 0 Å². The van der Waals surface area contributed by atoms with E-state index < -0.39 is 0 Å². The summed E-state index contributed by atoms with van der Waals surface area (Å²) in [5.41, 5.74) is 3.24. The third-order valence-electron chi connectivity index (χ3n) is 3.84. The van der Waals surface area contributed by atoms with E-state index in [0.717, 1.165) is 22.8 Å². The van der Waals surface area contributed by atoms with Gasteiger partial charge < -0.3 is 15.4 Å². The zero-order chi connectivity index (χ0) is 19.2. The first-order chi connectivity index (χ1) is 13.0. The Bertz CT molecular complexity index is 922. The largest absolute Gasteiger partial charge is 0.494 e. The predicted octanol–water partition coefficient (Wildman–Crippen LogP) is 4.87. The van der Waals surface area contributed by atoms with Crippen LogP contribution in [0.4, 0.5) is 23.1 Å². The summed E-state index contributed by atoms with van der Waals surface area (Å²) in [5, 5.41) is 6.44. The third-order valence-corrected chi connectivity index (χ3v) is 3.84. The number of aryl methyl sites for hydroxylation is 1. The molecular weight excluding hydrogens is 340 g/mol. The fraction of sp³-hybridized carbons (Fsp3) is 0.190. The van der Waals surface area contributed by atoms with Crippen molar-refractivity contribution in [3.8, 4) is 5.75 Å². The fourth-order valence-corrected chi connectivity index (χ4v) is 2.55. The standard InChI is InChI=1S/C21H22N4O2/c1-4-27-19-11-9-18(10-12-19)24-21-22-14(2)13-20(25-21)23-17-7-5-16(6-8-17)15(3)26/h5-13H,4H2,1-3H3,(H2,22,23,24,25). The van der Waals surface area contributed by atoms with Crippen LogP contribution < -0.4 is 15.4 Å². The van der Waals surface area contributed by atoms with Crippen molar-refractivity contribution in [3.05, 3.63) is 65.9 Å². The van der Waals surface area contributed by atoms with Crippen LogP contribution in [0.5, 0.6) is 5.75 Å². The fourth-order valence-electron chi connectivity index (χ4n) is 2.55. The van der Waals surface area contributed by atoms with Gasteiger partial charge in [0.1, 0.15) is 11.6 Å². The number of carbonyl (C=O) groups excluding carboxylic acids is 1. The Morgan fingerprint density at radius 1 is 0.963 bits per heavy atom. The van der Waals surface area contributed by atoms with Gasteiger partial charge in [0.15, 0.2) is 5.78 Å². The molecule has 0 saturated heterocycles. The van der Waals surface area contributed by atoms with Crippen LogP contribution in [-0.2, 0) is 0 Å². The number of ketones is 1. The maximum atomic E-state index is 11.4. The molecule has 0 atom stereocenters. The maximum absolute atomic E-state index is 11.4. The number of anilines is 4. The van der Waals surface area contributed by atoms with Crippen molar-refractivity contribution in [2.24, 2.45) is 0 Å². The van der Waals surface area contributed by atoms with Crippen molar-refractivity contribution in [1.29, 1.82) is 0 Å². The summed E-state index contributed by atoms with van der Waals surface area (Å²) in [5.74, 6) is 2.04. The number of carbonyl (C=O) groups is 1. The molecule has 0 aliphatic rings. The summed E-state index contributed by atoms with van der Waals surface area (Å²) in [6, 6.07) is 16.8. The zero-order valence-corrected chi connectivity index (χ0v) is 15.6. The van der Waals surface area contributed by atoms with E-state index in [2.05, 4.69) is 20.6 Å². The second-order valence-electron chi connectivity index (χ2n) is 6.06. The van der Waals surface area contributed by atoms with E-state index in [0.29, 0.717) is 23.9 Å². The number of hydrogen-bond donors (Lipinski definition) is 2. The summed E-state index contributed by atoms with van der Waals surface area (Å²) < 4.78 is 5.45. The van der Waals surface area contributed by atoms with Gasteiger partial charge in [0.2, 0.25) is 5.95 Å². The Labute approximate surface area is 158 Å². The van der Waals surface area contributed by atoms with Gasteiger partial charge in [-0.05, 0) is 69.3 Å². The van der Waals surface area contributed by atoms with Gasteiger partial charge in [-0.3, -0.25) is 4.79 Å². The predicted molar refractivity (Wildman–Crippen MR) is 107 cm³/mol. The van der Waals surface area contributed by atoms with Gasteiger partial charge >= 0.3 is 0 Å². The van der Waals surface area contributed by atoms with Crippen molar-refractivity contribution in [2.75, 3.05) is 17.2 Å². The minimum absolute atomic E-state index is 0.0428. The lowest BCUT2D eigenvalue weighted by atomic mass is 10.1. The summed E-state index contributed by atoms with van der Waals surface area (Å²) in [7, 11) is 0. The average molecular weight is 362 g/mol. The third kappa shape index (κ3) is 5.04. The number of rotatable bonds is 7. The molecule has 1 aromatic heterocycles. The SMILES string of the molecule is CCOc1ccc(Nc2nc(C)cc(Nc3ccc(C(C)=O)cc3)n2)cc1. The summed E-state index contributed by atoms with van der Waals surface area (Å²) >= 11 is 0. The summed E-state index contributed by atoms with van der Waals surface area (Å²) in [6.45, 7) is 6.05. The van der Waals surface area contributed by atoms with E-state index in [4.69, 9.17) is 4.74 Å². The van der Waals surface area contributed by atoms with Gasteiger partial charge in [-0.15, -0.1) is 0 Å². The van der Waals surface area contributed by atoms with Gasteiger partial charge in [0.25, 0.3) is 0 Å². The van der Waals surface area contributed by atoms with Gasteiger partial charge in [-0.2, -0.15) is 4.98 Å². The first-order valence-electron chi connectivity index (χ1n) is 8.77. The second kappa shape index (κ2) is 8.31. The topological polar surface area (TPSA) is 76.1 Å². The Hall–Kier alpha value is -3.41. The molecule has 0 aliphatic carbocycles. The molecule has 6 heteroatoms. The maximum Gasteiger partial charge on any atom is 0.229 e. The first kappa shape index (κ1) is 18.4. The van der Waals surface area contributed by atoms with Crippen LogP contribution in [-0.4, -0.2) is 22.4 Å². The Balaban J connectivity index is 1.74. The van der Waals surface area contributed by atoms with Crippen LogP contribution in [0.1, 0.15) is 29.9 Å². The van der Waals surface area contributed by atoms with Crippen LogP contribution in [0.25, 0.3) is 0 Å². The molecule has 1 heterocycles. The second-order valence-corrected chi connectivity index (χ2v) is 6.06. The number of hydrogen-bond acceptors (Lipinski definition) is 6. The summed E-state index contributed by atoms with van der Waals surface area (Å²) in [6.07, 6.45) is 0. The number of benzene rings is 2. The smallest absolute Gasteiger partial charge is 0.229 e. The Morgan fingerprint density at radius 2 is 1.59 bits per heavy atom. The van der Waals surface area contributed by atoms with Crippen molar-refractivity contribution >= 4 is 28.9 Å².